The monoisotopic (exact) mass is 376 g/mol. The predicted molar refractivity (Wildman–Crippen MR) is 102 cm³/mol. The number of likely N-dealkylation sites (tertiary alicyclic amines) is 1. The second-order valence-corrected chi connectivity index (χ2v) is 7.07. The van der Waals surface area contributed by atoms with Crippen LogP contribution in [0.25, 0.3) is 0 Å². The number of carbonyl (C=O) groups excluding carboxylic acids is 2. The quantitative estimate of drug-likeness (QED) is 0.767. The lowest BCUT2D eigenvalue weighted by Crippen LogP contribution is -2.46. The molecular weight excluding hydrogens is 348 g/mol. The topological polar surface area (TPSA) is 97.1 Å². The molecule has 2 aliphatic heterocycles. The van der Waals surface area contributed by atoms with Crippen LogP contribution in [0.5, 0.6) is 5.75 Å². The largest absolute Gasteiger partial charge is 0.497 e. The summed E-state index contributed by atoms with van der Waals surface area (Å²) in [5, 5.41) is 2.91. The number of anilines is 1. The van der Waals surface area contributed by atoms with Gasteiger partial charge in [0.05, 0.1) is 7.11 Å². The van der Waals surface area contributed by atoms with Crippen molar-refractivity contribution in [3.63, 3.8) is 0 Å². The fourth-order valence-corrected chi connectivity index (χ4v) is 3.93. The van der Waals surface area contributed by atoms with Crippen LogP contribution in [0.4, 0.5) is 10.5 Å². The number of hydrogen-bond donors (Lipinski definition) is 2. The summed E-state index contributed by atoms with van der Waals surface area (Å²) in [7, 11) is 1.68. The van der Waals surface area contributed by atoms with Gasteiger partial charge in [-0.2, -0.15) is 0 Å². The van der Waals surface area contributed by atoms with Gasteiger partial charge in [0.2, 0.25) is 0 Å². The van der Waals surface area contributed by atoms with E-state index in [9.17, 15) is 9.59 Å². The Labute approximate surface area is 159 Å². The molecule has 2 heterocycles. The smallest absolute Gasteiger partial charge is 0.405 e. The molecule has 3 N–H and O–H groups in total. The number of amides is 2. The number of ether oxygens (including phenoxy) is 2. The fourth-order valence-electron chi connectivity index (χ4n) is 3.93. The maximum atomic E-state index is 11.8. The van der Waals surface area contributed by atoms with Gasteiger partial charge in [-0.15, -0.1) is 0 Å². The first-order chi connectivity index (χ1) is 13.0. The third-order valence-electron chi connectivity index (χ3n) is 5.35. The molecule has 8 nitrogen and oxygen atoms in total. The van der Waals surface area contributed by atoms with Crippen LogP contribution in [0.2, 0.25) is 0 Å². The summed E-state index contributed by atoms with van der Waals surface area (Å²) in [4.78, 5) is 27.2. The lowest BCUT2D eigenvalue weighted by atomic mass is 10.0. The zero-order valence-electron chi connectivity index (χ0n) is 15.7. The Kier molecular flexibility index (Phi) is 6.39. The van der Waals surface area contributed by atoms with Crippen molar-refractivity contribution in [1.82, 2.24) is 10.2 Å². The molecule has 0 bridgehead atoms. The summed E-state index contributed by atoms with van der Waals surface area (Å²) in [5.41, 5.74) is 6.11. The van der Waals surface area contributed by atoms with Gasteiger partial charge in [0.1, 0.15) is 5.75 Å². The highest BCUT2D eigenvalue weighted by atomic mass is 16.5. The van der Waals surface area contributed by atoms with Gasteiger partial charge < -0.3 is 25.4 Å². The number of nitrogens with one attached hydrogen (secondary N) is 1. The minimum absolute atomic E-state index is 0.105. The van der Waals surface area contributed by atoms with Crippen molar-refractivity contribution in [3.8, 4) is 5.75 Å². The maximum absolute atomic E-state index is 11.8. The van der Waals surface area contributed by atoms with Crippen molar-refractivity contribution < 1.29 is 19.1 Å². The summed E-state index contributed by atoms with van der Waals surface area (Å²) >= 11 is 0. The zero-order valence-corrected chi connectivity index (χ0v) is 15.7. The van der Waals surface area contributed by atoms with E-state index < -0.39 is 6.09 Å². The van der Waals surface area contributed by atoms with Crippen LogP contribution >= 0.6 is 0 Å². The number of benzene rings is 1. The molecule has 0 aliphatic carbocycles. The average molecular weight is 376 g/mol. The van der Waals surface area contributed by atoms with Gasteiger partial charge in [-0.05, 0) is 43.5 Å². The van der Waals surface area contributed by atoms with Crippen molar-refractivity contribution in [2.45, 2.75) is 31.3 Å². The van der Waals surface area contributed by atoms with E-state index in [4.69, 9.17) is 10.5 Å². The second-order valence-electron chi connectivity index (χ2n) is 7.07. The lowest BCUT2D eigenvalue weighted by molar-refractivity contribution is -0.124. The lowest BCUT2D eigenvalue weighted by Gasteiger charge is -2.38. The minimum atomic E-state index is -0.929. The van der Waals surface area contributed by atoms with Gasteiger partial charge >= 0.3 is 6.09 Å². The number of primary amides is 1. The van der Waals surface area contributed by atoms with E-state index in [1.165, 1.54) is 5.69 Å². The molecule has 0 unspecified atom stereocenters. The molecule has 1 aromatic carbocycles. The molecule has 2 saturated heterocycles. The molecule has 2 fully saturated rings. The molecule has 0 radical (unpaired) electrons. The SMILES string of the molecule is COc1ccc(N2CCC(N3CC[C@@H](NC(=O)COC(N)=O)C3)CC2)cc1. The van der Waals surface area contributed by atoms with Crippen LogP contribution in [0.1, 0.15) is 19.3 Å². The van der Waals surface area contributed by atoms with E-state index in [1.54, 1.807) is 7.11 Å². The summed E-state index contributed by atoms with van der Waals surface area (Å²) in [6, 6.07) is 8.86. The highest BCUT2D eigenvalue weighted by Gasteiger charge is 2.31. The predicted octanol–water partition coefficient (Wildman–Crippen LogP) is 0.950. The number of hydrogen-bond acceptors (Lipinski definition) is 6. The number of piperidine rings is 1. The summed E-state index contributed by atoms with van der Waals surface area (Å²) in [6.07, 6.45) is 2.21. The molecular formula is C19H28N4O4. The number of nitrogens with zero attached hydrogens (tertiary/aromatic N) is 2. The normalized spacial score (nSPS) is 21.1. The van der Waals surface area contributed by atoms with Crippen LogP contribution in [-0.2, 0) is 9.53 Å². The first-order valence-corrected chi connectivity index (χ1v) is 9.40. The maximum Gasteiger partial charge on any atom is 0.405 e. The van der Waals surface area contributed by atoms with Gasteiger partial charge in [0, 0.05) is 44.0 Å². The van der Waals surface area contributed by atoms with Crippen molar-refractivity contribution >= 4 is 17.7 Å². The first-order valence-electron chi connectivity index (χ1n) is 9.40. The number of nitrogens with two attached hydrogens (primary N) is 1. The Morgan fingerprint density at radius 2 is 1.85 bits per heavy atom. The van der Waals surface area contributed by atoms with Gasteiger partial charge in [-0.3, -0.25) is 9.69 Å². The molecule has 0 saturated carbocycles. The molecule has 0 spiro atoms. The second kappa shape index (κ2) is 8.94. The van der Waals surface area contributed by atoms with E-state index in [1.807, 2.05) is 12.1 Å². The zero-order chi connectivity index (χ0) is 19.2. The fraction of sp³-hybridized carbons (Fsp3) is 0.579. The average Bonchev–Trinajstić information content (AvgIpc) is 3.15. The molecule has 2 aliphatic rings. The van der Waals surface area contributed by atoms with E-state index in [2.05, 4.69) is 32.0 Å². The molecule has 148 valence electrons. The summed E-state index contributed by atoms with van der Waals surface area (Å²) < 4.78 is 9.74. The van der Waals surface area contributed by atoms with Crippen LogP contribution in [0.15, 0.2) is 24.3 Å². The first kappa shape index (κ1) is 19.3. The van der Waals surface area contributed by atoms with Crippen LogP contribution < -0.4 is 20.7 Å². The van der Waals surface area contributed by atoms with E-state index in [-0.39, 0.29) is 18.6 Å². The molecule has 27 heavy (non-hydrogen) atoms. The van der Waals surface area contributed by atoms with Gasteiger partial charge in [0.15, 0.2) is 6.61 Å². The Hall–Kier alpha value is -2.48. The van der Waals surface area contributed by atoms with Crippen LogP contribution in [-0.4, -0.2) is 68.9 Å². The summed E-state index contributed by atoms with van der Waals surface area (Å²) in [6.45, 7) is 3.56. The van der Waals surface area contributed by atoms with Gasteiger partial charge in [0.25, 0.3) is 5.91 Å². The molecule has 1 atom stereocenters. The minimum Gasteiger partial charge on any atom is -0.497 e. The number of rotatable bonds is 6. The van der Waals surface area contributed by atoms with Crippen LogP contribution in [0.3, 0.4) is 0 Å². The number of carbonyl (C=O) groups is 2. The summed E-state index contributed by atoms with van der Waals surface area (Å²) in [5.74, 6) is 0.579. The molecule has 2 amide bonds. The standard InChI is InChI=1S/C19H28N4O4/c1-26-17-4-2-15(3-5-17)22-10-7-16(8-11-22)23-9-6-14(12-23)21-18(24)13-27-19(20)25/h2-5,14,16H,6-13H2,1H3,(H2,20,25)(H,21,24)/t14-/m1/s1. The Balaban J connectivity index is 1.42. The third-order valence-corrected chi connectivity index (χ3v) is 5.35. The van der Waals surface area contributed by atoms with Crippen molar-refractivity contribution in [3.05, 3.63) is 24.3 Å². The molecule has 0 aromatic heterocycles. The molecule has 1 aromatic rings. The van der Waals surface area contributed by atoms with E-state index >= 15 is 0 Å². The highest BCUT2D eigenvalue weighted by molar-refractivity contribution is 5.80. The molecule has 8 heteroatoms. The van der Waals surface area contributed by atoms with Crippen molar-refractivity contribution in [1.29, 1.82) is 0 Å². The molecule has 3 rings (SSSR count). The Morgan fingerprint density at radius 1 is 1.15 bits per heavy atom. The van der Waals surface area contributed by atoms with E-state index in [0.29, 0.717) is 6.04 Å². The van der Waals surface area contributed by atoms with E-state index in [0.717, 1.165) is 51.2 Å². The third kappa shape index (κ3) is 5.26. The number of methoxy groups -OCH3 is 1. The Morgan fingerprint density at radius 3 is 2.48 bits per heavy atom. The highest BCUT2D eigenvalue weighted by Crippen LogP contribution is 2.26. The van der Waals surface area contributed by atoms with Crippen LogP contribution in [0, 0.1) is 0 Å². The Bertz CT molecular complexity index is 644. The van der Waals surface area contributed by atoms with Crippen molar-refractivity contribution in [2.75, 3.05) is 44.8 Å². The van der Waals surface area contributed by atoms with Gasteiger partial charge in [-0.1, -0.05) is 0 Å². The van der Waals surface area contributed by atoms with Crippen molar-refractivity contribution in [2.24, 2.45) is 5.73 Å². The van der Waals surface area contributed by atoms with Gasteiger partial charge in [-0.25, -0.2) is 4.79 Å².